The topological polar surface area (TPSA) is 54.5 Å². The quantitative estimate of drug-likeness (QED) is 0.667. The zero-order valence-electron chi connectivity index (χ0n) is 14.2. The predicted molar refractivity (Wildman–Crippen MR) is 98.1 cm³/mol. The van der Waals surface area contributed by atoms with E-state index < -0.39 is 0 Å². The van der Waals surface area contributed by atoms with Gasteiger partial charge in [-0.15, -0.1) is 11.3 Å². The summed E-state index contributed by atoms with van der Waals surface area (Å²) in [6.45, 7) is 4.49. The fraction of sp³-hybridized carbons (Fsp3) is 0.526. The van der Waals surface area contributed by atoms with Crippen molar-refractivity contribution in [3.05, 3.63) is 23.5 Å². The van der Waals surface area contributed by atoms with Gasteiger partial charge in [0, 0.05) is 18.9 Å². The summed E-state index contributed by atoms with van der Waals surface area (Å²) in [6, 6.07) is 4.95. The Balaban J connectivity index is 1.81. The number of aryl methyl sites for hydroxylation is 1. The summed E-state index contributed by atoms with van der Waals surface area (Å²) in [4.78, 5) is 9.42. The molecule has 1 saturated carbocycles. The maximum atomic E-state index is 9.03. The second kappa shape index (κ2) is 6.18. The van der Waals surface area contributed by atoms with Crippen molar-refractivity contribution in [1.29, 1.82) is 5.26 Å². The van der Waals surface area contributed by atoms with Crippen molar-refractivity contribution in [3.63, 3.8) is 0 Å². The van der Waals surface area contributed by atoms with Crippen LogP contribution in [0.3, 0.4) is 0 Å². The third kappa shape index (κ3) is 2.41. The van der Waals surface area contributed by atoms with Crippen LogP contribution < -0.4 is 0 Å². The van der Waals surface area contributed by atoms with Gasteiger partial charge in [0.25, 0.3) is 0 Å². The van der Waals surface area contributed by atoms with E-state index in [0.29, 0.717) is 24.3 Å². The molecule has 124 valence electrons. The highest BCUT2D eigenvalue weighted by atomic mass is 32.1. The van der Waals surface area contributed by atoms with E-state index in [1.807, 2.05) is 6.20 Å². The zero-order chi connectivity index (χ0) is 16.7. The first-order chi connectivity index (χ1) is 11.7. The highest BCUT2D eigenvalue weighted by molar-refractivity contribution is 7.18. The third-order valence-corrected chi connectivity index (χ3v) is 6.46. The van der Waals surface area contributed by atoms with Crippen molar-refractivity contribution in [2.24, 2.45) is 11.8 Å². The van der Waals surface area contributed by atoms with Gasteiger partial charge in [0.2, 0.25) is 0 Å². The number of thiophene rings is 1. The minimum atomic E-state index is 0.489. The number of hydrogen-bond donors (Lipinski definition) is 0. The van der Waals surface area contributed by atoms with E-state index in [0.717, 1.165) is 36.7 Å². The van der Waals surface area contributed by atoms with E-state index in [4.69, 9.17) is 10.2 Å². The minimum Gasteiger partial charge on any atom is -0.324 e. The molecule has 3 aromatic heterocycles. The SMILES string of the molecule is CCc1nc2cnc3ccsc3c2n1C1CC[C@@H](CC#N)[C@@H](C)C1. The van der Waals surface area contributed by atoms with Gasteiger partial charge in [-0.25, -0.2) is 4.98 Å². The lowest BCUT2D eigenvalue weighted by atomic mass is 9.76. The van der Waals surface area contributed by atoms with E-state index in [9.17, 15) is 0 Å². The smallest absolute Gasteiger partial charge is 0.109 e. The van der Waals surface area contributed by atoms with E-state index >= 15 is 0 Å². The molecular formula is C19H22N4S. The Morgan fingerprint density at radius 3 is 3.00 bits per heavy atom. The van der Waals surface area contributed by atoms with Gasteiger partial charge in [0.05, 0.1) is 28.0 Å². The molecule has 5 heteroatoms. The van der Waals surface area contributed by atoms with Crippen LogP contribution >= 0.6 is 11.3 Å². The summed E-state index contributed by atoms with van der Waals surface area (Å²) in [5.74, 6) is 2.31. The van der Waals surface area contributed by atoms with Gasteiger partial charge in [0.15, 0.2) is 0 Å². The molecule has 0 amide bonds. The Kier molecular flexibility index (Phi) is 4.01. The molecule has 4 rings (SSSR count). The number of imidazole rings is 1. The van der Waals surface area contributed by atoms with Crippen LogP contribution in [-0.4, -0.2) is 14.5 Å². The van der Waals surface area contributed by atoms with E-state index in [1.165, 1.54) is 16.0 Å². The van der Waals surface area contributed by atoms with Crippen LogP contribution in [-0.2, 0) is 6.42 Å². The lowest BCUT2D eigenvalue weighted by molar-refractivity contribution is 0.199. The number of rotatable bonds is 3. The Labute approximate surface area is 146 Å². The Bertz CT molecular complexity index is 917. The molecule has 1 aliphatic carbocycles. The average molecular weight is 338 g/mol. The van der Waals surface area contributed by atoms with Crippen LogP contribution in [0.4, 0.5) is 0 Å². The normalized spacial score (nSPS) is 24.5. The Morgan fingerprint density at radius 2 is 2.25 bits per heavy atom. The number of nitriles is 1. The van der Waals surface area contributed by atoms with Crippen LogP contribution in [0, 0.1) is 23.2 Å². The molecule has 3 aromatic rings. The molecule has 0 aromatic carbocycles. The van der Waals surface area contributed by atoms with Gasteiger partial charge in [-0.3, -0.25) is 4.98 Å². The highest BCUT2D eigenvalue weighted by Crippen LogP contribution is 2.41. The van der Waals surface area contributed by atoms with Crippen LogP contribution in [0.1, 0.15) is 51.4 Å². The largest absolute Gasteiger partial charge is 0.324 e. The first-order valence-electron chi connectivity index (χ1n) is 8.82. The summed E-state index contributed by atoms with van der Waals surface area (Å²) >= 11 is 1.76. The standard InChI is InChI=1S/C19H22N4S/c1-3-17-22-16-11-21-15-7-9-24-19(15)18(16)23(17)14-5-4-13(6-8-20)12(2)10-14/h7,9,11-14H,3-6,10H2,1-2H3/t12-,13-,14?/m0/s1. The molecule has 0 bridgehead atoms. The maximum absolute atomic E-state index is 9.03. The van der Waals surface area contributed by atoms with Gasteiger partial charge < -0.3 is 4.57 Å². The fourth-order valence-electron chi connectivity index (χ4n) is 4.25. The van der Waals surface area contributed by atoms with Gasteiger partial charge in [0.1, 0.15) is 11.3 Å². The summed E-state index contributed by atoms with van der Waals surface area (Å²) < 4.78 is 3.75. The predicted octanol–water partition coefficient (Wildman–Crippen LogP) is 5.10. The summed E-state index contributed by atoms with van der Waals surface area (Å²) in [5.41, 5.74) is 3.36. The average Bonchev–Trinajstić information content (AvgIpc) is 3.19. The monoisotopic (exact) mass is 338 g/mol. The van der Waals surface area contributed by atoms with Crippen LogP contribution in [0.15, 0.2) is 17.6 Å². The fourth-order valence-corrected chi connectivity index (χ4v) is 5.14. The molecule has 1 aliphatic rings. The van der Waals surface area contributed by atoms with Crippen molar-refractivity contribution in [2.45, 2.75) is 52.0 Å². The molecule has 3 atom stereocenters. The van der Waals surface area contributed by atoms with Crippen LogP contribution in [0.2, 0.25) is 0 Å². The van der Waals surface area contributed by atoms with Gasteiger partial charge in [-0.05, 0) is 42.5 Å². The molecule has 0 aliphatic heterocycles. The molecular weight excluding hydrogens is 316 g/mol. The Morgan fingerprint density at radius 1 is 1.38 bits per heavy atom. The highest BCUT2D eigenvalue weighted by Gasteiger charge is 2.30. The van der Waals surface area contributed by atoms with Crippen LogP contribution in [0.25, 0.3) is 21.3 Å². The van der Waals surface area contributed by atoms with Gasteiger partial charge >= 0.3 is 0 Å². The second-order valence-electron chi connectivity index (χ2n) is 6.95. The lowest BCUT2D eigenvalue weighted by Crippen LogP contribution is -2.25. The molecule has 1 unspecified atom stereocenters. The number of hydrogen-bond acceptors (Lipinski definition) is 4. The van der Waals surface area contributed by atoms with E-state index in [1.54, 1.807) is 11.3 Å². The number of aromatic nitrogens is 3. The molecule has 0 radical (unpaired) electrons. The molecule has 0 spiro atoms. The van der Waals surface area contributed by atoms with Crippen molar-refractivity contribution < 1.29 is 0 Å². The number of nitrogens with zero attached hydrogens (tertiary/aromatic N) is 4. The second-order valence-corrected chi connectivity index (χ2v) is 7.86. The van der Waals surface area contributed by atoms with E-state index in [2.05, 4.69) is 40.9 Å². The third-order valence-electron chi connectivity index (χ3n) is 5.55. The lowest BCUT2D eigenvalue weighted by Gasteiger charge is -2.34. The van der Waals surface area contributed by atoms with Crippen LogP contribution in [0.5, 0.6) is 0 Å². The molecule has 4 nitrogen and oxygen atoms in total. The molecule has 1 fully saturated rings. The minimum absolute atomic E-state index is 0.489. The van der Waals surface area contributed by atoms with Gasteiger partial charge in [-0.2, -0.15) is 5.26 Å². The number of fused-ring (bicyclic) bond motifs is 3. The van der Waals surface area contributed by atoms with E-state index in [-0.39, 0.29) is 0 Å². The summed E-state index contributed by atoms with van der Waals surface area (Å²) in [7, 11) is 0. The van der Waals surface area contributed by atoms with Crippen molar-refractivity contribution in [2.75, 3.05) is 0 Å². The number of pyridine rings is 1. The van der Waals surface area contributed by atoms with Gasteiger partial charge in [-0.1, -0.05) is 13.8 Å². The molecule has 24 heavy (non-hydrogen) atoms. The molecule has 0 N–H and O–H groups in total. The van der Waals surface area contributed by atoms with Crippen molar-refractivity contribution >= 4 is 32.6 Å². The van der Waals surface area contributed by atoms with Crippen molar-refractivity contribution in [3.8, 4) is 6.07 Å². The van der Waals surface area contributed by atoms with Crippen molar-refractivity contribution in [1.82, 2.24) is 14.5 Å². The molecule has 3 heterocycles. The summed E-state index contributed by atoms with van der Waals surface area (Å²) in [6.07, 6.45) is 6.97. The molecule has 0 saturated heterocycles. The Hall–Kier alpha value is -1.93. The first kappa shape index (κ1) is 15.6. The first-order valence-corrected chi connectivity index (χ1v) is 9.70. The summed E-state index contributed by atoms with van der Waals surface area (Å²) in [5, 5.41) is 11.2. The zero-order valence-corrected chi connectivity index (χ0v) is 15.0. The maximum Gasteiger partial charge on any atom is 0.109 e.